The fraction of sp³-hybridized carbons (Fsp3) is 0.950. The second-order valence-corrected chi connectivity index (χ2v) is 8.16. The maximum atomic E-state index is 5.84. The second-order valence-electron chi connectivity index (χ2n) is 8.16. The molecule has 0 spiro atoms. The molecule has 7 nitrogen and oxygen atoms in total. The van der Waals surface area contributed by atoms with Crippen molar-refractivity contribution in [1.82, 2.24) is 15.5 Å². The summed E-state index contributed by atoms with van der Waals surface area (Å²) >= 11 is 0. The van der Waals surface area contributed by atoms with E-state index < -0.39 is 0 Å². The first kappa shape index (κ1) is 20.8. The van der Waals surface area contributed by atoms with Gasteiger partial charge in [-0.15, -0.1) is 0 Å². The lowest BCUT2D eigenvalue weighted by molar-refractivity contribution is -0.0856. The number of methoxy groups -OCH3 is 1. The first-order chi connectivity index (χ1) is 13.2. The molecule has 0 bridgehead atoms. The molecule has 0 aromatic carbocycles. The smallest absolute Gasteiger partial charge is 0.191 e. The van der Waals surface area contributed by atoms with E-state index in [-0.39, 0.29) is 11.1 Å². The molecule has 2 N–H and O–H groups in total. The van der Waals surface area contributed by atoms with Crippen LogP contribution in [0.25, 0.3) is 0 Å². The Hall–Kier alpha value is -0.890. The third kappa shape index (κ3) is 5.34. The molecule has 0 unspecified atom stereocenters. The molecule has 0 aromatic heterocycles. The zero-order valence-electron chi connectivity index (χ0n) is 17.2. The molecule has 2 heterocycles. The predicted octanol–water partition coefficient (Wildman–Crippen LogP) is 1.38. The molecule has 1 saturated carbocycles. The Balaban J connectivity index is 1.56. The van der Waals surface area contributed by atoms with Crippen LogP contribution in [-0.2, 0) is 14.2 Å². The van der Waals surface area contributed by atoms with Gasteiger partial charge in [0.1, 0.15) is 0 Å². The third-order valence-corrected chi connectivity index (χ3v) is 6.69. The quantitative estimate of drug-likeness (QED) is 0.534. The molecule has 27 heavy (non-hydrogen) atoms. The van der Waals surface area contributed by atoms with Gasteiger partial charge >= 0.3 is 0 Å². The van der Waals surface area contributed by atoms with Crippen molar-refractivity contribution in [2.24, 2.45) is 4.99 Å². The maximum Gasteiger partial charge on any atom is 0.191 e. The lowest BCUT2D eigenvalue weighted by Crippen LogP contribution is -2.61. The van der Waals surface area contributed by atoms with Crippen LogP contribution in [0, 0.1) is 0 Å². The van der Waals surface area contributed by atoms with E-state index in [4.69, 9.17) is 14.2 Å². The molecule has 156 valence electrons. The van der Waals surface area contributed by atoms with E-state index in [2.05, 4.69) is 20.5 Å². The Morgan fingerprint density at radius 3 is 2.19 bits per heavy atom. The molecular formula is C20H38N4O3. The van der Waals surface area contributed by atoms with Gasteiger partial charge in [-0.2, -0.15) is 0 Å². The Morgan fingerprint density at radius 1 is 0.926 bits per heavy atom. The normalized spacial score (nSPS) is 26.5. The Bertz CT molecular complexity index is 468. The summed E-state index contributed by atoms with van der Waals surface area (Å²) in [6.07, 6.45) is 8.36. The lowest BCUT2D eigenvalue weighted by atomic mass is 9.80. The minimum absolute atomic E-state index is 0.150. The van der Waals surface area contributed by atoms with E-state index >= 15 is 0 Å². The molecule has 3 aliphatic rings. The van der Waals surface area contributed by atoms with E-state index in [1.807, 2.05) is 7.05 Å². The lowest BCUT2D eigenvalue weighted by Gasteiger charge is -2.48. The number of hydrogen-bond acceptors (Lipinski definition) is 5. The van der Waals surface area contributed by atoms with Crippen molar-refractivity contribution in [3.05, 3.63) is 0 Å². The number of hydrogen-bond donors (Lipinski definition) is 2. The fourth-order valence-electron chi connectivity index (χ4n) is 4.76. The van der Waals surface area contributed by atoms with Gasteiger partial charge in [-0.25, -0.2) is 0 Å². The molecule has 7 heteroatoms. The molecule has 0 atom stereocenters. The molecule has 2 saturated heterocycles. The van der Waals surface area contributed by atoms with Crippen LogP contribution in [0.5, 0.6) is 0 Å². The van der Waals surface area contributed by atoms with Crippen LogP contribution in [-0.4, -0.2) is 88.8 Å². The first-order valence-electron chi connectivity index (χ1n) is 10.6. The highest BCUT2D eigenvalue weighted by molar-refractivity contribution is 5.79. The third-order valence-electron chi connectivity index (χ3n) is 6.69. The van der Waals surface area contributed by atoms with Crippen LogP contribution >= 0.6 is 0 Å². The fourth-order valence-corrected chi connectivity index (χ4v) is 4.76. The number of nitrogens with zero attached hydrogens (tertiary/aromatic N) is 2. The largest absolute Gasteiger partial charge is 0.381 e. The minimum Gasteiger partial charge on any atom is -0.381 e. The summed E-state index contributed by atoms with van der Waals surface area (Å²) in [5.41, 5.74) is 0.0832. The van der Waals surface area contributed by atoms with Crippen molar-refractivity contribution in [2.75, 3.05) is 66.8 Å². The van der Waals surface area contributed by atoms with Crippen LogP contribution in [0.1, 0.15) is 44.9 Å². The zero-order valence-corrected chi connectivity index (χ0v) is 17.2. The van der Waals surface area contributed by atoms with Crippen LogP contribution < -0.4 is 10.6 Å². The number of ether oxygens (including phenoxy) is 3. The summed E-state index contributed by atoms with van der Waals surface area (Å²) in [4.78, 5) is 7.12. The van der Waals surface area contributed by atoms with Crippen molar-refractivity contribution in [2.45, 2.75) is 56.1 Å². The van der Waals surface area contributed by atoms with E-state index in [1.54, 1.807) is 7.11 Å². The van der Waals surface area contributed by atoms with Crippen LogP contribution in [0.15, 0.2) is 4.99 Å². The summed E-state index contributed by atoms with van der Waals surface area (Å²) < 4.78 is 16.9. The highest BCUT2D eigenvalue weighted by atomic mass is 16.5. The Labute approximate surface area is 164 Å². The summed E-state index contributed by atoms with van der Waals surface area (Å²) in [5, 5.41) is 7.13. The number of morpholine rings is 1. The molecule has 2 aliphatic heterocycles. The summed E-state index contributed by atoms with van der Waals surface area (Å²) in [6.45, 7) is 7.03. The van der Waals surface area contributed by atoms with Crippen molar-refractivity contribution in [3.8, 4) is 0 Å². The van der Waals surface area contributed by atoms with Gasteiger partial charge in [-0.1, -0.05) is 19.3 Å². The number of rotatable bonds is 6. The topological polar surface area (TPSA) is 67.4 Å². The van der Waals surface area contributed by atoms with Gasteiger partial charge in [0.25, 0.3) is 0 Å². The van der Waals surface area contributed by atoms with E-state index in [0.717, 1.165) is 71.4 Å². The number of guanidine groups is 1. The van der Waals surface area contributed by atoms with Crippen molar-refractivity contribution in [3.63, 3.8) is 0 Å². The monoisotopic (exact) mass is 382 g/mol. The molecule has 3 fully saturated rings. The average molecular weight is 383 g/mol. The second kappa shape index (κ2) is 10.0. The number of nitrogens with one attached hydrogen (secondary N) is 2. The Kier molecular flexibility index (Phi) is 7.75. The molecule has 1 aliphatic carbocycles. The average Bonchev–Trinajstić information content (AvgIpc) is 2.76. The summed E-state index contributed by atoms with van der Waals surface area (Å²) in [7, 11) is 3.65. The van der Waals surface area contributed by atoms with E-state index in [9.17, 15) is 0 Å². The van der Waals surface area contributed by atoms with E-state index in [0.29, 0.717) is 0 Å². The molecular weight excluding hydrogens is 344 g/mol. The van der Waals surface area contributed by atoms with Crippen molar-refractivity contribution >= 4 is 5.96 Å². The minimum atomic E-state index is -0.150. The van der Waals surface area contributed by atoms with Crippen LogP contribution in [0.2, 0.25) is 0 Å². The van der Waals surface area contributed by atoms with Gasteiger partial charge in [-0.3, -0.25) is 9.89 Å². The van der Waals surface area contributed by atoms with Crippen LogP contribution in [0.4, 0.5) is 0 Å². The highest BCUT2D eigenvalue weighted by Crippen LogP contribution is 2.33. The summed E-state index contributed by atoms with van der Waals surface area (Å²) in [6, 6.07) is 0. The molecule has 0 aromatic rings. The van der Waals surface area contributed by atoms with Gasteiger partial charge in [0, 0.05) is 71.9 Å². The predicted molar refractivity (Wildman–Crippen MR) is 107 cm³/mol. The molecule has 0 amide bonds. The summed E-state index contributed by atoms with van der Waals surface area (Å²) in [5.74, 6) is 0.871. The van der Waals surface area contributed by atoms with Gasteiger partial charge in [-0.05, 0) is 12.8 Å². The Morgan fingerprint density at radius 2 is 1.56 bits per heavy atom. The van der Waals surface area contributed by atoms with Crippen LogP contribution in [0.3, 0.4) is 0 Å². The zero-order chi connectivity index (χ0) is 19.0. The maximum absolute atomic E-state index is 5.84. The van der Waals surface area contributed by atoms with E-state index in [1.165, 1.54) is 32.1 Å². The standard InChI is InChI=1S/C20H38N4O3/c1-21-18(23-17-20(25-2)8-12-26-13-9-20)22-16-19(6-4-3-5-7-19)24-10-14-27-15-11-24/h3-17H2,1-2H3,(H2,21,22,23). The molecule has 3 rings (SSSR count). The van der Waals surface area contributed by atoms with Gasteiger partial charge in [0.2, 0.25) is 0 Å². The van der Waals surface area contributed by atoms with Gasteiger partial charge in [0.15, 0.2) is 5.96 Å². The number of aliphatic imine (C=N–C) groups is 1. The SMILES string of the molecule is CN=C(NCC1(OC)CCOCC1)NCC1(N2CCOCC2)CCCCC1. The first-order valence-corrected chi connectivity index (χ1v) is 10.6. The highest BCUT2D eigenvalue weighted by Gasteiger charge is 2.39. The van der Waals surface area contributed by atoms with Gasteiger partial charge < -0.3 is 24.8 Å². The molecule has 0 radical (unpaired) electrons. The van der Waals surface area contributed by atoms with Crippen molar-refractivity contribution in [1.29, 1.82) is 0 Å². The van der Waals surface area contributed by atoms with Crippen molar-refractivity contribution < 1.29 is 14.2 Å². The van der Waals surface area contributed by atoms with Gasteiger partial charge in [0.05, 0.1) is 18.8 Å².